The fraction of sp³-hybridized carbons (Fsp3) is 0.750. The van der Waals surface area contributed by atoms with Crippen molar-refractivity contribution in [2.45, 2.75) is 51.0 Å². The molecular formula is C16H26N2S. The molecule has 1 fully saturated rings. The van der Waals surface area contributed by atoms with Gasteiger partial charge in [-0.15, -0.1) is 11.3 Å². The van der Waals surface area contributed by atoms with E-state index in [1.165, 1.54) is 58.3 Å². The minimum atomic E-state index is 0.627. The Kier molecular flexibility index (Phi) is 4.57. The van der Waals surface area contributed by atoms with Gasteiger partial charge in [0.1, 0.15) is 0 Å². The van der Waals surface area contributed by atoms with Crippen LogP contribution >= 0.6 is 11.3 Å². The molecule has 1 aromatic rings. The average molecular weight is 278 g/mol. The lowest BCUT2D eigenvalue weighted by atomic mass is 9.87. The average Bonchev–Trinajstić information content (AvgIpc) is 3.06. The fourth-order valence-electron chi connectivity index (χ4n) is 3.55. The van der Waals surface area contributed by atoms with Crippen molar-refractivity contribution in [3.05, 3.63) is 21.9 Å². The van der Waals surface area contributed by atoms with Gasteiger partial charge in [0, 0.05) is 24.0 Å². The van der Waals surface area contributed by atoms with Gasteiger partial charge < -0.3 is 10.2 Å². The highest BCUT2D eigenvalue weighted by Gasteiger charge is 2.22. The molecule has 2 nitrogen and oxygen atoms in total. The van der Waals surface area contributed by atoms with Crippen molar-refractivity contribution in [2.75, 3.05) is 26.2 Å². The Hall–Kier alpha value is -0.380. The number of thiophene rings is 1. The highest BCUT2D eigenvalue weighted by Crippen LogP contribution is 2.34. The second-order valence-corrected chi connectivity index (χ2v) is 7.21. The third kappa shape index (κ3) is 3.39. The van der Waals surface area contributed by atoms with Crippen LogP contribution in [0.15, 0.2) is 11.4 Å². The lowest BCUT2D eigenvalue weighted by molar-refractivity contribution is 0.295. The van der Waals surface area contributed by atoms with Gasteiger partial charge in [0.2, 0.25) is 0 Å². The first kappa shape index (κ1) is 13.6. The number of aryl methyl sites for hydroxylation is 1. The van der Waals surface area contributed by atoms with E-state index >= 15 is 0 Å². The van der Waals surface area contributed by atoms with E-state index in [4.69, 9.17) is 0 Å². The third-order valence-corrected chi connectivity index (χ3v) is 5.62. The summed E-state index contributed by atoms with van der Waals surface area (Å²) in [5.74, 6) is 0.760. The highest BCUT2D eigenvalue weighted by atomic mass is 32.1. The van der Waals surface area contributed by atoms with Crippen LogP contribution in [-0.2, 0) is 6.42 Å². The second-order valence-electron chi connectivity index (χ2n) is 6.21. The molecule has 3 rings (SSSR count). The van der Waals surface area contributed by atoms with Gasteiger partial charge in [-0.3, -0.25) is 0 Å². The van der Waals surface area contributed by atoms with Gasteiger partial charge >= 0.3 is 0 Å². The van der Waals surface area contributed by atoms with Gasteiger partial charge in [0.05, 0.1) is 0 Å². The summed E-state index contributed by atoms with van der Waals surface area (Å²) >= 11 is 1.95. The quantitative estimate of drug-likeness (QED) is 0.889. The summed E-state index contributed by atoms with van der Waals surface area (Å²) in [6.45, 7) is 7.35. The summed E-state index contributed by atoms with van der Waals surface area (Å²) < 4.78 is 0. The first-order chi connectivity index (χ1) is 9.33. The minimum Gasteiger partial charge on any atom is -0.312 e. The molecule has 0 spiro atoms. The van der Waals surface area contributed by atoms with E-state index in [2.05, 4.69) is 28.6 Å². The number of rotatable bonds is 5. The molecule has 106 valence electrons. The Morgan fingerprint density at radius 3 is 3.05 bits per heavy atom. The minimum absolute atomic E-state index is 0.627. The Morgan fingerprint density at radius 2 is 2.21 bits per heavy atom. The zero-order chi connectivity index (χ0) is 13.1. The molecule has 1 aromatic heterocycles. The molecule has 1 aliphatic heterocycles. The van der Waals surface area contributed by atoms with E-state index in [1.807, 2.05) is 11.3 Å². The van der Waals surface area contributed by atoms with Crippen LogP contribution in [0.5, 0.6) is 0 Å². The van der Waals surface area contributed by atoms with Gasteiger partial charge in [-0.05, 0) is 75.0 Å². The van der Waals surface area contributed by atoms with Gasteiger partial charge in [0.15, 0.2) is 0 Å². The van der Waals surface area contributed by atoms with Crippen LogP contribution in [0.3, 0.4) is 0 Å². The summed E-state index contributed by atoms with van der Waals surface area (Å²) in [4.78, 5) is 4.25. The van der Waals surface area contributed by atoms with Crippen LogP contribution in [-0.4, -0.2) is 37.1 Å². The molecule has 1 aliphatic carbocycles. The van der Waals surface area contributed by atoms with Crippen LogP contribution in [0.25, 0.3) is 0 Å². The van der Waals surface area contributed by atoms with Crippen molar-refractivity contribution in [2.24, 2.45) is 0 Å². The van der Waals surface area contributed by atoms with Crippen LogP contribution in [0.2, 0.25) is 0 Å². The van der Waals surface area contributed by atoms with E-state index in [1.54, 1.807) is 10.4 Å². The van der Waals surface area contributed by atoms with Crippen LogP contribution in [0.1, 0.15) is 49.0 Å². The Balaban J connectivity index is 1.47. The van der Waals surface area contributed by atoms with Crippen molar-refractivity contribution in [1.29, 1.82) is 0 Å². The lowest BCUT2D eigenvalue weighted by Crippen LogP contribution is -2.40. The molecule has 2 atom stereocenters. The first-order valence-corrected chi connectivity index (χ1v) is 8.73. The zero-order valence-corrected chi connectivity index (χ0v) is 12.8. The molecule has 1 saturated heterocycles. The Labute approximate surface area is 121 Å². The topological polar surface area (TPSA) is 15.3 Å². The van der Waals surface area contributed by atoms with E-state index in [9.17, 15) is 0 Å². The monoisotopic (exact) mass is 278 g/mol. The number of nitrogens with one attached hydrogen (secondary N) is 1. The van der Waals surface area contributed by atoms with E-state index in [0.29, 0.717) is 6.04 Å². The molecule has 19 heavy (non-hydrogen) atoms. The van der Waals surface area contributed by atoms with Crippen molar-refractivity contribution in [3.8, 4) is 0 Å². The molecule has 0 amide bonds. The highest BCUT2D eigenvalue weighted by molar-refractivity contribution is 7.10. The zero-order valence-electron chi connectivity index (χ0n) is 12.0. The van der Waals surface area contributed by atoms with E-state index in [0.717, 1.165) is 5.92 Å². The molecule has 0 radical (unpaired) electrons. The first-order valence-electron chi connectivity index (χ1n) is 7.85. The smallest absolute Gasteiger partial charge is 0.0166 e. The fourth-order valence-corrected chi connectivity index (χ4v) is 4.57. The van der Waals surface area contributed by atoms with Crippen LogP contribution in [0.4, 0.5) is 0 Å². The largest absolute Gasteiger partial charge is 0.312 e. The summed E-state index contributed by atoms with van der Waals surface area (Å²) in [5.41, 5.74) is 1.64. The predicted octanol–water partition coefficient (Wildman–Crippen LogP) is 3.24. The van der Waals surface area contributed by atoms with Crippen molar-refractivity contribution in [1.82, 2.24) is 10.2 Å². The van der Waals surface area contributed by atoms with Crippen LogP contribution in [0, 0.1) is 0 Å². The number of hydrogen-bond donors (Lipinski definition) is 1. The van der Waals surface area contributed by atoms with Crippen molar-refractivity contribution < 1.29 is 0 Å². The molecule has 2 heterocycles. The maximum atomic E-state index is 3.77. The molecule has 1 N–H and O–H groups in total. The molecular weight excluding hydrogens is 252 g/mol. The van der Waals surface area contributed by atoms with Gasteiger partial charge in [-0.25, -0.2) is 0 Å². The standard InChI is InChI=1S/C16H26N2S/c1-13(12-18-8-2-3-9-18)17-11-14-5-4-6-16-15(14)7-10-19-16/h7,10,13-14,17H,2-6,8-9,11-12H2,1H3. The van der Waals surface area contributed by atoms with Crippen LogP contribution < -0.4 is 5.32 Å². The summed E-state index contributed by atoms with van der Waals surface area (Å²) in [5, 5.41) is 6.05. The van der Waals surface area contributed by atoms with Gasteiger partial charge in [0.25, 0.3) is 0 Å². The number of likely N-dealkylation sites (tertiary alicyclic amines) is 1. The lowest BCUT2D eigenvalue weighted by Gasteiger charge is -2.26. The Morgan fingerprint density at radius 1 is 1.37 bits per heavy atom. The summed E-state index contributed by atoms with van der Waals surface area (Å²) in [6.07, 6.45) is 6.85. The molecule has 2 aliphatic rings. The second kappa shape index (κ2) is 6.38. The third-order valence-electron chi connectivity index (χ3n) is 4.62. The summed E-state index contributed by atoms with van der Waals surface area (Å²) in [7, 11) is 0. The number of nitrogens with zero attached hydrogens (tertiary/aromatic N) is 1. The maximum absolute atomic E-state index is 3.77. The maximum Gasteiger partial charge on any atom is 0.0166 e. The SMILES string of the molecule is CC(CN1CCCC1)NCC1CCCc2sccc21. The molecule has 2 unspecified atom stereocenters. The molecule has 0 bridgehead atoms. The number of hydrogen-bond acceptors (Lipinski definition) is 3. The van der Waals surface area contributed by atoms with Crippen molar-refractivity contribution in [3.63, 3.8) is 0 Å². The Bertz CT molecular complexity index is 395. The van der Waals surface area contributed by atoms with Gasteiger partial charge in [-0.1, -0.05) is 0 Å². The van der Waals surface area contributed by atoms with Gasteiger partial charge in [-0.2, -0.15) is 0 Å². The van der Waals surface area contributed by atoms with E-state index in [-0.39, 0.29) is 0 Å². The molecule has 0 aromatic carbocycles. The van der Waals surface area contributed by atoms with Crippen molar-refractivity contribution >= 4 is 11.3 Å². The normalized spacial score (nSPS) is 25.4. The summed E-state index contributed by atoms with van der Waals surface area (Å²) in [6, 6.07) is 2.98. The van der Waals surface area contributed by atoms with E-state index < -0.39 is 0 Å². The number of fused-ring (bicyclic) bond motifs is 1. The molecule has 0 saturated carbocycles. The molecule has 3 heteroatoms. The predicted molar refractivity (Wildman–Crippen MR) is 83.1 cm³/mol.